The molecule has 2 heterocycles. The van der Waals surface area contributed by atoms with Crippen LogP contribution in [-0.2, 0) is 28.6 Å². The Morgan fingerprint density at radius 3 is 2.39 bits per heavy atom. The summed E-state index contributed by atoms with van der Waals surface area (Å²) in [5, 5.41) is 13.8. The molecule has 46 heavy (non-hydrogen) atoms. The molecule has 1 aromatic rings. The summed E-state index contributed by atoms with van der Waals surface area (Å²) in [5.74, 6) is -2.23. The summed E-state index contributed by atoms with van der Waals surface area (Å²) >= 11 is 0. The van der Waals surface area contributed by atoms with E-state index in [2.05, 4.69) is 5.32 Å². The minimum absolute atomic E-state index is 0.000291. The molecule has 1 saturated heterocycles. The summed E-state index contributed by atoms with van der Waals surface area (Å²) in [4.78, 5) is 78.7. The van der Waals surface area contributed by atoms with Gasteiger partial charge in [0, 0.05) is 25.0 Å². The number of nitro groups is 1. The number of allylic oxidation sites excluding steroid dienone is 2. The highest BCUT2D eigenvalue weighted by atomic mass is 16.6. The van der Waals surface area contributed by atoms with Crippen molar-refractivity contribution in [2.45, 2.75) is 101 Å². The quantitative estimate of drug-likeness (QED) is 0.154. The van der Waals surface area contributed by atoms with Gasteiger partial charge in [0.1, 0.15) is 18.2 Å². The van der Waals surface area contributed by atoms with E-state index in [9.17, 15) is 34.1 Å². The van der Waals surface area contributed by atoms with Crippen LogP contribution < -0.4 is 5.32 Å². The van der Waals surface area contributed by atoms with Crippen molar-refractivity contribution in [3.8, 4) is 0 Å². The van der Waals surface area contributed by atoms with E-state index < -0.39 is 52.5 Å². The van der Waals surface area contributed by atoms with Crippen LogP contribution >= 0.6 is 0 Å². The molecule has 5 rings (SSSR count). The summed E-state index contributed by atoms with van der Waals surface area (Å²) in [6.07, 6.45) is 9.47. The monoisotopic (exact) mass is 639 g/mol. The van der Waals surface area contributed by atoms with E-state index in [0.717, 1.165) is 44.9 Å². The van der Waals surface area contributed by atoms with Crippen LogP contribution in [0.15, 0.2) is 36.4 Å². The van der Waals surface area contributed by atoms with Gasteiger partial charge in [-0.1, -0.05) is 25.0 Å². The van der Waals surface area contributed by atoms with Gasteiger partial charge in [-0.15, -0.1) is 0 Å². The van der Waals surface area contributed by atoms with E-state index in [1.165, 1.54) is 36.3 Å². The van der Waals surface area contributed by atoms with E-state index in [4.69, 9.17) is 14.2 Å². The molecular formula is C33H41N3O10. The third kappa shape index (κ3) is 7.56. The van der Waals surface area contributed by atoms with E-state index >= 15 is 0 Å². The maximum atomic E-state index is 14.1. The SMILES string of the molecule is COC(=O)[C@]12CC(=O)[C@@H]3C[C@H](OC(=O)c4ccc([N+](=O)[O-])cc4)CN3C(=O)[C@@H](NC(=O)OC3CCCC3)CCCCC/C=C\[C@H]1C2. The summed E-state index contributed by atoms with van der Waals surface area (Å²) in [6, 6.07) is 2.97. The minimum Gasteiger partial charge on any atom is -0.469 e. The van der Waals surface area contributed by atoms with Crippen LogP contribution in [0.25, 0.3) is 0 Å². The first kappa shape index (κ1) is 33.1. The number of carbonyl (C=O) groups excluding carboxylic acids is 5. The Labute approximate surface area is 267 Å². The number of non-ortho nitro benzene ring substituents is 1. The molecule has 0 spiro atoms. The zero-order valence-electron chi connectivity index (χ0n) is 26.0. The number of nitrogens with zero attached hydrogens (tertiary/aromatic N) is 2. The Morgan fingerprint density at radius 1 is 0.978 bits per heavy atom. The van der Waals surface area contributed by atoms with Crippen LogP contribution in [0, 0.1) is 21.4 Å². The fraction of sp³-hybridized carbons (Fsp3) is 0.606. The standard InChI is InChI=1S/C33H41N3O10/c1-44-31(40)33-18-22(33)9-5-3-2-4-6-12-26(34-32(41)46-24-10-7-8-11-24)29(38)35-20-25(17-27(35)28(37)19-33)45-30(39)21-13-15-23(16-14-21)36(42)43/h5,9,13-16,22,24-27H,2-4,6-8,10-12,17-20H2,1H3,(H,34,41)/b9-5-/t22-,25-,26-,27-,33+/m0/s1. The van der Waals surface area contributed by atoms with Crippen molar-refractivity contribution >= 4 is 35.4 Å². The van der Waals surface area contributed by atoms with Crippen LogP contribution in [-0.4, -0.2) is 77.5 Å². The van der Waals surface area contributed by atoms with Gasteiger partial charge in [-0.3, -0.25) is 24.5 Å². The lowest BCUT2D eigenvalue weighted by Gasteiger charge is -2.29. The molecular weight excluding hydrogens is 598 g/mol. The molecule has 13 heteroatoms. The van der Waals surface area contributed by atoms with Crippen LogP contribution in [0.1, 0.15) is 87.4 Å². The van der Waals surface area contributed by atoms with E-state index in [1.54, 1.807) is 0 Å². The molecule has 1 aromatic carbocycles. The first-order valence-electron chi connectivity index (χ1n) is 16.1. The Hall–Kier alpha value is -4.29. The van der Waals surface area contributed by atoms with Gasteiger partial charge in [0.15, 0.2) is 5.78 Å². The number of Topliss-reactive ketones (excluding diaryl/α,β-unsaturated/α-hetero) is 1. The number of carbonyl (C=O) groups is 5. The first-order chi connectivity index (χ1) is 22.1. The molecule has 2 amide bonds. The Bertz CT molecular complexity index is 1370. The van der Waals surface area contributed by atoms with Crippen LogP contribution in [0.4, 0.5) is 10.5 Å². The highest BCUT2D eigenvalue weighted by molar-refractivity contribution is 5.96. The average molecular weight is 640 g/mol. The van der Waals surface area contributed by atoms with Crippen molar-refractivity contribution in [3.63, 3.8) is 0 Å². The van der Waals surface area contributed by atoms with E-state index in [0.29, 0.717) is 19.3 Å². The molecule has 248 valence electrons. The largest absolute Gasteiger partial charge is 0.469 e. The Morgan fingerprint density at radius 2 is 1.70 bits per heavy atom. The Kier molecular flexibility index (Phi) is 10.4. The maximum Gasteiger partial charge on any atom is 0.408 e. The number of esters is 2. The number of alkyl carbamates (subject to hydrolysis) is 1. The fourth-order valence-electron chi connectivity index (χ4n) is 6.94. The number of methoxy groups -OCH3 is 1. The van der Waals surface area contributed by atoms with Gasteiger partial charge in [0.05, 0.1) is 35.6 Å². The van der Waals surface area contributed by atoms with Crippen LogP contribution in [0.2, 0.25) is 0 Å². The molecule has 0 aromatic heterocycles. The number of hydrogen-bond acceptors (Lipinski definition) is 10. The average Bonchev–Trinajstić information content (AvgIpc) is 3.33. The van der Waals surface area contributed by atoms with Gasteiger partial charge in [-0.25, -0.2) is 9.59 Å². The molecule has 2 aliphatic heterocycles. The van der Waals surface area contributed by atoms with Crippen molar-refractivity contribution < 1.29 is 43.1 Å². The van der Waals surface area contributed by atoms with Crippen molar-refractivity contribution in [3.05, 3.63) is 52.1 Å². The third-order valence-electron chi connectivity index (χ3n) is 9.62. The second-order valence-electron chi connectivity index (χ2n) is 12.7. The molecule has 3 fully saturated rings. The van der Waals surface area contributed by atoms with Gasteiger partial charge < -0.3 is 24.4 Å². The van der Waals surface area contributed by atoms with Crippen molar-refractivity contribution in [1.29, 1.82) is 0 Å². The zero-order valence-corrected chi connectivity index (χ0v) is 26.0. The predicted molar refractivity (Wildman–Crippen MR) is 162 cm³/mol. The van der Waals surface area contributed by atoms with Gasteiger partial charge in [-0.05, 0) is 69.4 Å². The van der Waals surface area contributed by atoms with Gasteiger partial charge in [0.25, 0.3) is 5.69 Å². The lowest BCUT2D eigenvalue weighted by molar-refractivity contribution is -0.384. The normalized spacial score (nSPS) is 29.4. The number of nitro benzene ring substituents is 1. The predicted octanol–water partition coefficient (Wildman–Crippen LogP) is 4.42. The summed E-state index contributed by atoms with van der Waals surface area (Å²) in [6.45, 7) is -0.0988. The highest BCUT2D eigenvalue weighted by Crippen LogP contribution is 2.57. The Balaban J connectivity index is 1.38. The molecule has 0 unspecified atom stereocenters. The van der Waals surface area contributed by atoms with Gasteiger partial charge in [-0.2, -0.15) is 0 Å². The summed E-state index contributed by atoms with van der Waals surface area (Å²) in [7, 11) is 1.29. The number of ether oxygens (including phenoxy) is 3. The number of amides is 2. The van der Waals surface area contributed by atoms with Crippen molar-refractivity contribution in [2.24, 2.45) is 11.3 Å². The zero-order chi connectivity index (χ0) is 32.8. The molecule has 2 saturated carbocycles. The second kappa shape index (κ2) is 14.4. The molecule has 13 nitrogen and oxygen atoms in total. The lowest BCUT2D eigenvalue weighted by Crippen LogP contribution is -2.52. The third-order valence-corrected chi connectivity index (χ3v) is 9.62. The molecule has 0 radical (unpaired) electrons. The fourth-order valence-corrected chi connectivity index (χ4v) is 6.94. The topological polar surface area (TPSA) is 171 Å². The number of ketones is 1. The highest BCUT2D eigenvalue weighted by Gasteiger charge is 2.61. The number of hydrogen-bond donors (Lipinski definition) is 1. The summed E-state index contributed by atoms with van der Waals surface area (Å²) < 4.78 is 16.4. The number of fused-ring (bicyclic) bond motifs is 2. The van der Waals surface area contributed by atoms with E-state index in [1.807, 2.05) is 12.2 Å². The van der Waals surface area contributed by atoms with Gasteiger partial charge >= 0.3 is 18.0 Å². The number of benzene rings is 1. The van der Waals surface area contributed by atoms with Crippen molar-refractivity contribution in [1.82, 2.24) is 10.2 Å². The van der Waals surface area contributed by atoms with Gasteiger partial charge in [0.2, 0.25) is 5.91 Å². The van der Waals surface area contributed by atoms with Crippen molar-refractivity contribution in [2.75, 3.05) is 13.7 Å². The number of rotatable bonds is 6. The minimum atomic E-state index is -1.02. The second-order valence-corrected chi connectivity index (χ2v) is 12.7. The van der Waals surface area contributed by atoms with Crippen LogP contribution in [0.5, 0.6) is 0 Å². The molecule has 5 atom stereocenters. The summed E-state index contributed by atoms with van der Waals surface area (Å²) in [5.41, 5.74) is -1.12. The molecule has 2 aliphatic carbocycles. The smallest absolute Gasteiger partial charge is 0.408 e. The van der Waals surface area contributed by atoms with E-state index in [-0.39, 0.29) is 48.4 Å². The number of nitrogens with one attached hydrogen (secondary N) is 1. The first-order valence-corrected chi connectivity index (χ1v) is 16.1. The molecule has 1 N–H and O–H groups in total. The molecule has 0 bridgehead atoms. The van der Waals surface area contributed by atoms with Crippen LogP contribution in [0.3, 0.4) is 0 Å². The maximum absolute atomic E-state index is 14.1. The lowest BCUT2D eigenvalue weighted by atomic mass is 9.92. The molecule has 4 aliphatic rings.